The van der Waals surface area contributed by atoms with Gasteiger partial charge in [-0.15, -0.1) is 0 Å². The maximum Gasteiger partial charge on any atom is 0.492 e. The zero-order valence-corrected chi connectivity index (χ0v) is 37.6. The fourth-order valence-corrected chi connectivity index (χ4v) is 8.30. The molecule has 0 aromatic heterocycles. The predicted molar refractivity (Wildman–Crippen MR) is 232 cm³/mol. The van der Waals surface area contributed by atoms with E-state index in [9.17, 15) is 36.4 Å². The van der Waals surface area contributed by atoms with E-state index in [0.717, 1.165) is 35.3 Å². The summed E-state index contributed by atoms with van der Waals surface area (Å²) in [5.41, 5.74) is -1.68. The summed E-state index contributed by atoms with van der Waals surface area (Å²) in [5, 5.41) is 34.9. The molecule has 0 fully saturated rings. The van der Waals surface area contributed by atoms with Crippen LogP contribution in [-0.2, 0) is 30.9 Å². The lowest BCUT2D eigenvalue weighted by Crippen LogP contribution is -2.42. The van der Waals surface area contributed by atoms with Gasteiger partial charge in [0.05, 0.1) is 56.8 Å². The van der Waals surface area contributed by atoms with Crippen molar-refractivity contribution in [1.82, 2.24) is 0 Å². The van der Waals surface area contributed by atoms with Gasteiger partial charge >= 0.3 is 26.6 Å². The van der Waals surface area contributed by atoms with E-state index in [1.54, 1.807) is 50.2 Å². The summed E-state index contributed by atoms with van der Waals surface area (Å²) in [6.07, 6.45) is -9.91. The lowest BCUT2D eigenvalue weighted by Gasteiger charge is -2.30. The van der Waals surface area contributed by atoms with E-state index in [1.807, 2.05) is 13.8 Å². The molecule has 23 heteroatoms. The Kier molecular flexibility index (Phi) is 14.8. The maximum atomic E-state index is 14.3. The van der Waals surface area contributed by atoms with Gasteiger partial charge in [-0.3, -0.25) is 0 Å². The first-order chi connectivity index (χ1) is 29.1. The second-order valence-electron chi connectivity index (χ2n) is 15.0. The largest absolute Gasteiger partial charge is 0.494 e. The van der Waals surface area contributed by atoms with Gasteiger partial charge in [0.25, 0.3) is 5.60 Å². The van der Waals surface area contributed by atoms with Crippen LogP contribution in [0.5, 0.6) is 11.5 Å². The van der Waals surface area contributed by atoms with Crippen molar-refractivity contribution in [3.05, 3.63) is 121 Å². The van der Waals surface area contributed by atoms with Crippen molar-refractivity contribution in [1.29, 1.82) is 0 Å². The number of oxime groups is 2. The van der Waals surface area contributed by atoms with Crippen molar-refractivity contribution in [2.75, 3.05) is 14.2 Å². The van der Waals surface area contributed by atoms with Crippen molar-refractivity contribution >= 4 is 99.6 Å². The monoisotopic (exact) mass is 982 g/mol. The molecule has 0 aliphatic carbocycles. The molecular weight excluding hydrogens is 949 g/mol. The quantitative estimate of drug-likeness (QED) is 0.0573. The maximum absolute atomic E-state index is 14.3. The molecule has 0 amide bonds. The average Bonchev–Trinajstić information content (AvgIpc) is 3.83. The second kappa shape index (κ2) is 18.6. The number of hydrogen-bond acceptors (Lipinski definition) is 10. The summed E-state index contributed by atoms with van der Waals surface area (Å²) in [6, 6.07) is 14.5. The summed E-state index contributed by atoms with van der Waals surface area (Å²) < 4.78 is 101. The van der Waals surface area contributed by atoms with Gasteiger partial charge in [0.1, 0.15) is 0 Å². The Balaban J connectivity index is 0.000000197. The zero-order valence-electron chi connectivity index (χ0n) is 33.8. The Labute approximate surface area is 383 Å². The lowest BCUT2D eigenvalue weighted by molar-refractivity contribution is -0.275. The van der Waals surface area contributed by atoms with Crippen LogP contribution in [0.3, 0.4) is 0 Å². The van der Waals surface area contributed by atoms with E-state index in [4.69, 9.17) is 86.8 Å². The van der Waals surface area contributed by atoms with E-state index in [0.29, 0.717) is 22.2 Å². The number of allylic oxidation sites excluding steroid dienone is 1. The smallest absolute Gasteiger partial charge is 0.492 e. The molecular formula is C40H35B2Cl5F6N2O8. The molecule has 0 radical (unpaired) electrons. The van der Waals surface area contributed by atoms with Crippen LogP contribution in [0.2, 0.25) is 20.1 Å². The van der Waals surface area contributed by atoms with Crippen molar-refractivity contribution < 1.29 is 65.2 Å². The molecule has 1 unspecified atom stereocenters. The minimum Gasteiger partial charge on any atom is -0.494 e. The Morgan fingerprint density at radius 3 is 1.65 bits per heavy atom. The van der Waals surface area contributed by atoms with Crippen LogP contribution in [-0.4, -0.2) is 66.9 Å². The minimum absolute atomic E-state index is 0.00963. The molecule has 3 N–H and O–H groups in total. The third-order valence-electron chi connectivity index (χ3n) is 10.2. The summed E-state index contributed by atoms with van der Waals surface area (Å²) in [4.78, 5) is 5.06. The minimum atomic E-state index is -4.81. The third-order valence-corrected chi connectivity index (χ3v) is 11.6. The third kappa shape index (κ3) is 10.2. The van der Waals surface area contributed by atoms with Crippen molar-refractivity contribution in [2.45, 2.75) is 63.3 Å². The molecule has 1 atom stereocenters. The molecule has 0 bridgehead atoms. The van der Waals surface area contributed by atoms with Crippen molar-refractivity contribution in [3.63, 3.8) is 0 Å². The standard InChI is InChI=1S/C20H17BCl2F3NO4.C10H11BClNO3.C10H7Cl2F3O/c1-18(2)12-6-10(4-5-13(12)21(28)30-18)16-9-19(31-27-16,20(24,25)26)11-7-14(22)17(29-3)15(23)8-11;1-10(2)7-5-6(9(12)13-15)3-4-8(7)11(14)16-10;1-5(10(13,14)15)6-3-7(11)9(16-2)8(12)4-6/h4-8,28H,9H2,1-3H3;3-5,14-15H,1-2H3;3-4H,1H2,2H3/b;13-9-;. The van der Waals surface area contributed by atoms with Gasteiger partial charge in [-0.25, -0.2) is 0 Å². The molecule has 3 aliphatic rings. The number of halogens is 11. The molecule has 63 heavy (non-hydrogen) atoms. The van der Waals surface area contributed by atoms with Crippen LogP contribution in [0, 0.1) is 0 Å². The molecule has 0 spiro atoms. The van der Waals surface area contributed by atoms with Gasteiger partial charge in [-0.1, -0.05) is 99.2 Å². The van der Waals surface area contributed by atoms with Gasteiger partial charge < -0.3 is 38.9 Å². The summed E-state index contributed by atoms with van der Waals surface area (Å²) in [7, 11) is 0.628. The number of hydrogen-bond donors (Lipinski definition) is 3. The number of alkyl halides is 6. The average molecular weight is 985 g/mol. The van der Waals surface area contributed by atoms with Crippen LogP contribution >= 0.6 is 58.0 Å². The molecule has 3 heterocycles. The second-order valence-corrected chi connectivity index (χ2v) is 17.0. The molecule has 7 rings (SSSR count). The Morgan fingerprint density at radius 1 is 0.746 bits per heavy atom. The fraction of sp³-hybridized carbons (Fsp3) is 0.300. The van der Waals surface area contributed by atoms with E-state index in [2.05, 4.69) is 16.9 Å². The lowest BCUT2D eigenvalue weighted by atomic mass is 9.77. The first-order valence-electron chi connectivity index (χ1n) is 18.2. The number of benzene rings is 4. The molecule has 0 saturated carbocycles. The summed E-state index contributed by atoms with van der Waals surface area (Å²) >= 11 is 29.3. The number of methoxy groups -OCH3 is 2. The summed E-state index contributed by atoms with van der Waals surface area (Å²) in [5.74, 6) is 0.213. The predicted octanol–water partition coefficient (Wildman–Crippen LogP) is 10.1. The van der Waals surface area contributed by atoms with Gasteiger partial charge in [-0.05, 0) is 97.3 Å². The Bertz CT molecular complexity index is 2450. The van der Waals surface area contributed by atoms with Gasteiger partial charge in [0.15, 0.2) is 16.7 Å². The van der Waals surface area contributed by atoms with E-state index in [-0.39, 0.29) is 53.6 Å². The van der Waals surface area contributed by atoms with Crippen LogP contribution in [0.15, 0.2) is 77.6 Å². The van der Waals surface area contributed by atoms with E-state index >= 15 is 0 Å². The van der Waals surface area contributed by atoms with Gasteiger partial charge in [0, 0.05) is 17.5 Å². The normalized spacial score (nSPS) is 18.6. The van der Waals surface area contributed by atoms with E-state index in [1.165, 1.54) is 14.2 Å². The molecule has 4 aromatic rings. The molecule has 3 aliphatic heterocycles. The Morgan fingerprint density at radius 2 is 1.21 bits per heavy atom. The molecule has 10 nitrogen and oxygen atoms in total. The molecule has 4 aromatic carbocycles. The first-order valence-corrected chi connectivity index (χ1v) is 20.0. The number of ether oxygens (including phenoxy) is 2. The van der Waals surface area contributed by atoms with Gasteiger partial charge in [-0.2, -0.15) is 26.3 Å². The van der Waals surface area contributed by atoms with Crippen LogP contribution in [0.1, 0.15) is 67.5 Å². The van der Waals surface area contributed by atoms with Crippen LogP contribution < -0.4 is 20.4 Å². The summed E-state index contributed by atoms with van der Waals surface area (Å²) in [6.45, 7) is 10.2. The highest BCUT2D eigenvalue weighted by molar-refractivity contribution is 6.69. The highest BCUT2D eigenvalue weighted by atomic mass is 35.5. The molecule has 336 valence electrons. The van der Waals surface area contributed by atoms with Crippen molar-refractivity contribution in [3.8, 4) is 11.5 Å². The van der Waals surface area contributed by atoms with Crippen LogP contribution in [0.4, 0.5) is 26.3 Å². The fourth-order valence-electron chi connectivity index (χ4n) is 6.90. The number of nitrogens with zero attached hydrogens (tertiary/aromatic N) is 2. The van der Waals surface area contributed by atoms with Gasteiger partial charge in [0.2, 0.25) is 0 Å². The highest BCUT2D eigenvalue weighted by Crippen LogP contribution is 2.51. The number of rotatable bonds is 6. The first kappa shape index (κ1) is 50.2. The Hall–Kier alpha value is -3.84. The topological polar surface area (TPSA) is 132 Å². The molecule has 0 saturated heterocycles. The van der Waals surface area contributed by atoms with Crippen molar-refractivity contribution in [2.24, 2.45) is 10.3 Å². The zero-order chi connectivity index (χ0) is 47.2. The number of fused-ring (bicyclic) bond motifs is 2. The van der Waals surface area contributed by atoms with Crippen LogP contribution in [0.25, 0.3) is 5.57 Å². The SMILES string of the molecule is C=C(c1cc(Cl)c(OC)c(Cl)c1)C(F)(F)F.CC1(C)OB(O)c2ccc(/C(Cl)=N/O)cc21.COc1c(Cl)cc(C2(C(F)(F)F)CC(c3ccc4c(c3)C(C)(C)OB4O)=NO2)cc1Cl. The highest BCUT2D eigenvalue weighted by Gasteiger charge is 2.62. The van der Waals surface area contributed by atoms with E-state index < -0.39 is 55.4 Å².